The quantitative estimate of drug-likeness (QED) is 0.272. The molecule has 23 heavy (non-hydrogen) atoms. The second-order valence-corrected chi connectivity index (χ2v) is 12.4. The number of hydrogen-bond acceptors (Lipinski definition) is 6. The third-order valence-electron chi connectivity index (χ3n) is 3.66. The molecule has 0 saturated carbocycles. The Balaban J connectivity index is 2.00. The van der Waals surface area contributed by atoms with Crippen LogP contribution in [0.3, 0.4) is 0 Å². The van der Waals surface area contributed by atoms with Gasteiger partial charge in [-0.05, 0) is 34.6 Å². The van der Waals surface area contributed by atoms with Gasteiger partial charge in [-0.3, -0.25) is 9.59 Å². The lowest BCUT2D eigenvalue weighted by molar-refractivity contribution is -0.179. The molecule has 2 atom stereocenters. The Hall–Kier alpha value is -0.280. The van der Waals surface area contributed by atoms with Gasteiger partial charge in [0.25, 0.3) is 5.91 Å². The summed E-state index contributed by atoms with van der Waals surface area (Å²) in [5, 5.41) is -0.195. The normalized spacial score (nSPS) is 28.0. The largest absolute Gasteiger partial charge is 0.427 e. The molecule has 1 amide bonds. The molecular formula is C14H19Br2NO5S. The van der Waals surface area contributed by atoms with Crippen LogP contribution >= 0.6 is 43.6 Å². The number of halogens is 2. The van der Waals surface area contributed by atoms with E-state index < -0.39 is 38.2 Å². The Kier molecular flexibility index (Phi) is 4.90. The van der Waals surface area contributed by atoms with Gasteiger partial charge in [-0.25, -0.2) is 4.79 Å². The number of amides is 1. The standard InChI is InChI=1S/C14H19Br2NO5S/c1-12(2,3)11(20)22-6-21-8(18)7-13(4,5)23-10-14(15,16)9(19)17(7)10/h7,10H,6H2,1-5H3/t7-,10+/m0/s1. The summed E-state index contributed by atoms with van der Waals surface area (Å²) in [5.74, 6) is -1.24. The van der Waals surface area contributed by atoms with Gasteiger partial charge in [0, 0.05) is 4.75 Å². The topological polar surface area (TPSA) is 72.9 Å². The van der Waals surface area contributed by atoms with Gasteiger partial charge in [-0.15, -0.1) is 11.8 Å². The van der Waals surface area contributed by atoms with Gasteiger partial charge in [0.2, 0.25) is 6.79 Å². The minimum Gasteiger partial charge on any atom is -0.427 e. The predicted molar refractivity (Wildman–Crippen MR) is 93.2 cm³/mol. The second kappa shape index (κ2) is 5.91. The van der Waals surface area contributed by atoms with Crippen LogP contribution in [0.4, 0.5) is 0 Å². The molecule has 9 heteroatoms. The highest BCUT2D eigenvalue weighted by Crippen LogP contribution is 2.60. The number of ether oxygens (including phenoxy) is 2. The molecule has 2 aliphatic heterocycles. The molecule has 2 rings (SSSR count). The van der Waals surface area contributed by atoms with Gasteiger partial charge in [0.1, 0.15) is 11.4 Å². The SMILES string of the molecule is CC(C)(C)C(=O)OCOC(=O)[C@@H]1N2C(=O)C(Br)(Br)[C@H]2SC1(C)C. The zero-order valence-electron chi connectivity index (χ0n) is 13.5. The molecule has 130 valence electrons. The number of carbonyl (C=O) groups excluding carboxylic acids is 3. The minimum atomic E-state index is -0.838. The first-order valence-corrected chi connectivity index (χ1v) is 9.49. The molecule has 2 heterocycles. The molecule has 0 unspecified atom stereocenters. The van der Waals surface area contributed by atoms with Crippen LogP contribution in [0.15, 0.2) is 0 Å². The van der Waals surface area contributed by atoms with Crippen molar-refractivity contribution in [1.29, 1.82) is 0 Å². The summed E-state index contributed by atoms with van der Waals surface area (Å²) in [5.41, 5.74) is -0.668. The summed E-state index contributed by atoms with van der Waals surface area (Å²) >= 11 is 8.19. The number of esters is 2. The maximum atomic E-state index is 12.4. The van der Waals surface area contributed by atoms with E-state index in [2.05, 4.69) is 31.9 Å². The van der Waals surface area contributed by atoms with Gasteiger partial charge in [0.15, 0.2) is 3.23 Å². The minimum absolute atomic E-state index is 0.195. The van der Waals surface area contributed by atoms with Gasteiger partial charge in [0.05, 0.1) is 5.41 Å². The second-order valence-electron chi connectivity index (χ2n) is 7.07. The van der Waals surface area contributed by atoms with Crippen LogP contribution in [-0.2, 0) is 23.9 Å². The van der Waals surface area contributed by atoms with E-state index in [-0.39, 0.29) is 11.3 Å². The Morgan fingerprint density at radius 2 is 1.83 bits per heavy atom. The first kappa shape index (κ1) is 19.1. The Bertz CT molecular complexity index is 558. The van der Waals surface area contributed by atoms with E-state index in [9.17, 15) is 14.4 Å². The number of thioether (sulfide) groups is 1. The summed E-state index contributed by atoms with van der Waals surface area (Å²) in [7, 11) is 0. The fraction of sp³-hybridized carbons (Fsp3) is 0.786. The van der Waals surface area contributed by atoms with E-state index in [0.29, 0.717) is 0 Å². The zero-order chi connectivity index (χ0) is 17.8. The van der Waals surface area contributed by atoms with Crippen LogP contribution in [0, 0.1) is 5.41 Å². The molecule has 0 radical (unpaired) electrons. The fourth-order valence-electron chi connectivity index (χ4n) is 2.40. The van der Waals surface area contributed by atoms with Crippen molar-refractivity contribution < 1.29 is 23.9 Å². The number of fused-ring (bicyclic) bond motifs is 1. The molecule has 0 aromatic heterocycles. The van der Waals surface area contributed by atoms with Gasteiger partial charge in [-0.2, -0.15) is 0 Å². The molecule has 0 aliphatic carbocycles. The van der Waals surface area contributed by atoms with Crippen molar-refractivity contribution in [3.05, 3.63) is 0 Å². The third kappa shape index (κ3) is 3.28. The summed E-state index contributed by atoms with van der Waals surface area (Å²) in [6, 6.07) is -0.721. The van der Waals surface area contributed by atoms with Crippen LogP contribution in [0.5, 0.6) is 0 Å². The van der Waals surface area contributed by atoms with Gasteiger partial charge in [-0.1, -0.05) is 31.9 Å². The highest BCUT2D eigenvalue weighted by Gasteiger charge is 2.70. The summed E-state index contributed by atoms with van der Waals surface area (Å²) < 4.78 is 8.68. The van der Waals surface area contributed by atoms with E-state index in [0.717, 1.165) is 0 Å². The summed E-state index contributed by atoms with van der Waals surface area (Å²) in [4.78, 5) is 37.8. The first-order chi connectivity index (χ1) is 10.3. The average Bonchev–Trinajstić information content (AvgIpc) is 2.67. The molecule has 2 aliphatic rings. The van der Waals surface area contributed by atoms with Crippen molar-refractivity contribution in [3.63, 3.8) is 0 Å². The number of nitrogens with zero attached hydrogens (tertiary/aromatic N) is 1. The monoisotopic (exact) mass is 471 g/mol. The fourth-order valence-corrected chi connectivity index (χ4v) is 5.30. The molecule has 0 spiro atoms. The van der Waals surface area contributed by atoms with E-state index in [1.807, 2.05) is 13.8 Å². The van der Waals surface area contributed by atoms with Crippen molar-refractivity contribution in [2.75, 3.05) is 6.79 Å². The Labute approximate surface area is 156 Å². The van der Waals surface area contributed by atoms with Crippen LogP contribution in [-0.4, -0.2) is 48.9 Å². The molecular weight excluding hydrogens is 454 g/mol. The van der Waals surface area contributed by atoms with E-state index in [1.165, 1.54) is 16.7 Å². The van der Waals surface area contributed by atoms with Gasteiger partial charge < -0.3 is 14.4 Å². The maximum absolute atomic E-state index is 12.4. The van der Waals surface area contributed by atoms with Crippen molar-refractivity contribution >= 4 is 61.5 Å². The van der Waals surface area contributed by atoms with Crippen molar-refractivity contribution in [2.45, 2.75) is 54.0 Å². The number of alkyl halides is 2. The summed E-state index contributed by atoms with van der Waals surface area (Å²) in [6.45, 7) is 8.44. The zero-order valence-corrected chi connectivity index (χ0v) is 17.5. The Morgan fingerprint density at radius 3 is 2.35 bits per heavy atom. The lowest BCUT2D eigenvalue weighted by atomic mass is 9.97. The van der Waals surface area contributed by atoms with Crippen LogP contribution in [0.2, 0.25) is 0 Å². The van der Waals surface area contributed by atoms with Crippen LogP contribution < -0.4 is 0 Å². The van der Waals surface area contributed by atoms with Crippen molar-refractivity contribution in [2.24, 2.45) is 5.41 Å². The van der Waals surface area contributed by atoms with E-state index in [4.69, 9.17) is 9.47 Å². The average molecular weight is 473 g/mol. The molecule has 2 fully saturated rings. The van der Waals surface area contributed by atoms with Crippen molar-refractivity contribution in [3.8, 4) is 0 Å². The number of β-lactam (4-membered cyclic amide) rings is 1. The lowest BCUT2D eigenvalue weighted by Gasteiger charge is -2.46. The summed E-state index contributed by atoms with van der Waals surface area (Å²) in [6.07, 6.45) is 0. The smallest absolute Gasteiger partial charge is 0.333 e. The van der Waals surface area contributed by atoms with Crippen LogP contribution in [0.25, 0.3) is 0 Å². The number of rotatable bonds is 3. The highest BCUT2D eigenvalue weighted by atomic mass is 79.9. The van der Waals surface area contributed by atoms with E-state index >= 15 is 0 Å². The molecule has 0 N–H and O–H groups in total. The number of carbonyl (C=O) groups is 3. The Morgan fingerprint density at radius 1 is 1.26 bits per heavy atom. The molecule has 2 saturated heterocycles. The third-order valence-corrected chi connectivity index (χ3v) is 7.45. The molecule has 0 bridgehead atoms. The molecule has 0 aromatic rings. The first-order valence-electron chi connectivity index (χ1n) is 7.02. The van der Waals surface area contributed by atoms with Gasteiger partial charge >= 0.3 is 11.9 Å². The lowest BCUT2D eigenvalue weighted by Crippen LogP contribution is -2.68. The molecule has 6 nitrogen and oxygen atoms in total. The molecule has 0 aromatic carbocycles. The van der Waals surface area contributed by atoms with E-state index in [1.54, 1.807) is 20.8 Å². The highest BCUT2D eigenvalue weighted by molar-refractivity contribution is 9.26. The maximum Gasteiger partial charge on any atom is 0.333 e. The van der Waals surface area contributed by atoms with Crippen molar-refractivity contribution in [1.82, 2.24) is 4.90 Å². The number of hydrogen-bond donors (Lipinski definition) is 0. The van der Waals surface area contributed by atoms with Crippen LogP contribution in [0.1, 0.15) is 34.6 Å². The predicted octanol–water partition coefficient (Wildman–Crippen LogP) is 2.62.